The topological polar surface area (TPSA) is 9.23 Å². The maximum atomic E-state index is 5.54. The van der Waals surface area contributed by atoms with Crippen LogP contribution in [0.3, 0.4) is 0 Å². The van der Waals surface area contributed by atoms with Gasteiger partial charge in [-0.05, 0) is 0 Å². The summed E-state index contributed by atoms with van der Waals surface area (Å²) in [5, 5.41) is 0. The molecular weight excluding hydrogens is 246 g/mol. The van der Waals surface area contributed by atoms with Gasteiger partial charge in [-0.25, -0.2) is 0 Å². The molecule has 0 aromatic rings. The standard InChI is InChI=1S/C4H12As2O.H2S/c1-5(2)7-6(3)4;/h1-4H3;1H2. The molecule has 0 saturated carbocycles. The minimum Gasteiger partial charge on any atom is -0.197 e. The SMILES string of the molecule is C[As](C)O[As](C)C.S. The fourth-order valence-corrected chi connectivity index (χ4v) is 8.82. The fourth-order valence-electron chi connectivity index (χ4n) is 0.327. The molecule has 0 amide bonds. The zero-order chi connectivity index (χ0) is 5.86. The predicted molar refractivity (Wildman–Crippen MR) is 46.4 cm³/mol. The summed E-state index contributed by atoms with van der Waals surface area (Å²) in [6.45, 7) is 0. The quantitative estimate of drug-likeness (QED) is 0.685. The van der Waals surface area contributed by atoms with Gasteiger partial charge in [0.25, 0.3) is 0 Å². The molecule has 0 radical (unpaired) electrons. The van der Waals surface area contributed by atoms with Crippen LogP contribution in [0.25, 0.3) is 0 Å². The second-order valence-electron chi connectivity index (χ2n) is 1.71. The van der Waals surface area contributed by atoms with E-state index in [4.69, 9.17) is 2.72 Å². The summed E-state index contributed by atoms with van der Waals surface area (Å²) in [5.41, 5.74) is 8.90. The summed E-state index contributed by atoms with van der Waals surface area (Å²) < 4.78 is 5.54. The van der Waals surface area contributed by atoms with Crippen LogP contribution < -0.4 is 0 Å². The van der Waals surface area contributed by atoms with Crippen molar-refractivity contribution >= 4 is 43.5 Å². The molecule has 0 bridgehead atoms. The van der Waals surface area contributed by atoms with Gasteiger partial charge in [-0.2, -0.15) is 13.5 Å². The van der Waals surface area contributed by atoms with Crippen molar-refractivity contribution in [1.82, 2.24) is 0 Å². The molecule has 0 aliphatic heterocycles. The van der Waals surface area contributed by atoms with Crippen molar-refractivity contribution in [2.75, 3.05) is 0 Å². The smallest absolute Gasteiger partial charge is 0.197 e. The van der Waals surface area contributed by atoms with Crippen LogP contribution in [0, 0.1) is 0 Å². The molecule has 0 aliphatic carbocycles. The molecular formula is C4H14As2OS. The Morgan fingerprint density at radius 3 is 1.12 bits per heavy atom. The maximum absolute atomic E-state index is 5.54. The van der Waals surface area contributed by atoms with Crippen molar-refractivity contribution in [2.24, 2.45) is 0 Å². The van der Waals surface area contributed by atoms with E-state index in [0.717, 1.165) is 0 Å². The Kier molecular flexibility index (Phi) is 9.93. The molecule has 0 rings (SSSR count). The summed E-state index contributed by atoms with van der Waals surface area (Å²) in [5.74, 6) is 0. The molecule has 4 heteroatoms. The first-order valence-electron chi connectivity index (χ1n) is 2.15. The summed E-state index contributed by atoms with van der Waals surface area (Å²) in [4.78, 5) is 0. The van der Waals surface area contributed by atoms with Crippen LogP contribution in [0.5, 0.6) is 0 Å². The van der Waals surface area contributed by atoms with Gasteiger partial charge in [0.1, 0.15) is 0 Å². The van der Waals surface area contributed by atoms with Crippen molar-refractivity contribution in [3.05, 3.63) is 0 Å². The van der Waals surface area contributed by atoms with E-state index in [-0.39, 0.29) is 13.5 Å². The number of hydrogen-bond acceptors (Lipinski definition) is 1. The van der Waals surface area contributed by atoms with E-state index >= 15 is 0 Å². The van der Waals surface area contributed by atoms with Gasteiger partial charge in [-0.3, -0.25) is 0 Å². The minimum atomic E-state index is -0.719. The van der Waals surface area contributed by atoms with Gasteiger partial charge in [0.2, 0.25) is 0 Å². The monoisotopic (exact) mass is 260 g/mol. The molecule has 0 spiro atoms. The van der Waals surface area contributed by atoms with E-state index in [0.29, 0.717) is 0 Å². The van der Waals surface area contributed by atoms with Gasteiger partial charge in [-0.15, -0.1) is 0 Å². The summed E-state index contributed by atoms with van der Waals surface area (Å²) >= 11 is -1.44. The van der Waals surface area contributed by atoms with E-state index in [1.165, 1.54) is 0 Å². The minimum absolute atomic E-state index is 0. The zero-order valence-electron chi connectivity index (χ0n) is 5.80. The van der Waals surface area contributed by atoms with E-state index in [9.17, 15) is 0 Å². The van der Waals surface area contributed by atoms with Crippen LogP contribution in [0.4, 0.5) is 0 Å². The van der Waals surface area contributed by atoms with Crippen LogP contribution in [0.2, 0.25) is 22.8 Å². The van der Waals surface area contributed by atoms with E-state index in [2.05, 4.69) is 22.8 Å². The van der Waals surface area contributed by atoms with E-state index in [1.54, 1.807) is 0 Å². The van der Waals surface area contributed by atoms with Crippen molar-refractivity contribution < 1.29 is 2.72 Å². The first kappa shape index (κ1) is 12.1. The number of rotatable bonds is 2. The Morgan fingerprint density at radius 1 is 0.875 bits per heavy atom. The molecule has 52 valence electrons. The second-order valence-corrected chi connectivity index (χ2v) is 10.6. The molecule has 0 fully saturated rings. The third-order valence-corrected chi connectivity index (χ3v) is 8.82. The normalized spacial score (nSPS) is 9.75. The largest absolute Gasteiger partial charge is 0.197 e. The molecule has 8 heavy (non-hydrogen) atoms. The van der Waals surface area contributed by atoms with Crippen LogP contribution in [0.15, 0.2) is 0 Å². The fraction of sp³-hybridized carbons (Fsp3) is 1.00. The molecule has 0 aliphatic rings. The summed E-state index contributed by atoms with van der Waals surface area (Å²) in [7, 11) is 0. The first-order chi connectivity index (χ1) is 3.13. The van der Waals surface area contributed by atoms with E-state index in [1.807, 2.05) is 0 Å². The average molecular weight is 260 g/mol. The Balaban J connectivity index is 0. The van der Waals surface area contributed by atoms with Crippen LogP contribution in [0.1, 0.15) is 0 Å². The Labute approximate surface area is 68.9 Å². The van der Waals surface area contributed by atoms with Crippen LogP contribution >= 0.6 is 13.5 Å². The summed E-state index contributed by atoms with van der Waals surface area (Å²) in [6.07, 6.45) is 0. The Bertz CT molecular complexity index is 43.3. The van der Waals surface area contributed by atoms with Gasteiger partial charge in [0.05, 0.1) is 0 Å². The van der Waals surface area contributed by atoms with Crippen LogP contribution in [-0.2, 0) is 2.72 Å². The molecule has 0 unspecified atom stereocenters. The zero-order valence-corrected chi connectivity index (χ0v) is 10.6. The predicted octanol–water partition coefficient (Wildman–Crippen LogP) is 1.62. The first-order valence-corrected chi connectivity index (χ1v) is 11.2. The maximum Gasteiger partial charge on any atom is -0.197 e. The third-order valence-electron chi connectivity index (χ3n) is 0.327. The van der Waals surface area contributed by atoms with Gasteiger partial charge in [0, 0.05) is 0 Å². The van der Waals surface area contributed by atoms with Gasteiger partial charge in [-0.1, -0.05) is 0 Å². The van der Waals surface area contributed by atoms with Gasteiger partial charge < -0.3 is 0 Å². The molecule has 0 N–H and O–H groups in total. The number of hydrogen-bond donors (Lipinski definition) is 0. The molecule has 0 aromatic carbocycles. The van der Waals surface area contributed by atoms with Crippen LogP contribution in [-0.4, -0.2) is 30.0 Å². The van der Waals surface area contributed by atoms with Crippen molar-refractivity contribution in [1.29, 1.82) is 0 Å². The second kappa shape index (κ2) is 6.55. The Morgan fingerprint density at radius 2 is 1.12 bits per heavy atom. The van der Waals surface area contributed by atoms with Gasteiger partial charge in [0.15, 0.2) is 0 Å². The summed E-state index contributed by atoms with van der Waals surface area (Å²) in [6, 6.07) is 0. The molecule has 0 atom stereocenters. The average Bonchev–Trinajstić information content (AvgIpc) is 1.27. The Hall–Kier alpha value is 1.43. The molecule has 0 saturated heterocycles. The van der Waals surface area contributed by atoms with Crippen molar-refractivity contribution in [3.63, 3.8) is 0 Å². The molecule has 1 nitrogen and oxygen atoms in total. The molecule has 0 aromatic heterocycles. The van der Waals surface area contributed by atoms with Crippen molar-refractivity contribution in [2.45, 2.75) is 22.8 Å². The molecule has 0 heterocycles. The van der Waals surface area contributed by atoms with Gasteiger partial charge >= 0.3 is 55.5 Å². The third kappa shape index (κ3) is 10.4. The van der Waals surface area contributed by atoms with Crippen molar-refractivity contribution in [3.8, 4) is 0 Å². The van der Waals surface area contributed by atoms with E-state index < -0.39 is 30.0 Å².